The highest BCUT2D eigenvalue weighted by Crippen LogP contribution is 2.21. The summed E-state index contributed by atoms with van der Waals surface area (Å²) in [5.41, 5.74) is 11.8. The fourth-order valence-corrected chi connectivity index (χ4v) is 1.83. The molecule has 0 amide bonds. The average Bonchev–Trinajstić information content (AvgIpc) is 2.53. The summed E-state index contributed by atoms with van der Waals surface area (Å²) in [5.74, 6) is -0.346. The van der Waals surface area contributed by atoms with E-state index < -0.39 is 0 Å². The lowest BCUT2D eigenvalue weighted by Gasteiger charge is -2.04. The minimum Gasteiger partial charge on any atom is -0.465 e. The number of ether oxygens (including phenoxy) is 1. The Hall–Kier alpha value is -2.78. The van der Waals surface area contributed by atoms with Crippen molar-refractivity contribution < 1.29 is 9.53 Å². The Balaban J connectivity index is 2.19. The van der Waals surface area contributed by atoms with Crippen LogP contribution >= 0.6 is 0 Å². The second kappa shape index (κ2) is 6.41. The van der Waals surface area contributed by atoms with Crippen LogP contribution in [-0.2, 0) is 11.3 Å². The van der Waals surface area contributed by atoms with Crippen LogP contribution in [0.1, 0.15) is 15.9 Å². The second-order valence-corrected chi connectivity index (χ2v) is 4.15. The van der Waals surface area contributed by atoms with E-state index >= 15 is 0 Å². The van der Waals surface area contributed by atoms with Gasteiger partial charge in [0.25, 0.3) is 0 Å². The second-order valence-electron chi connectivity index (χ2n) is 4.15. The van der Waals surface area contributed by atoms with Crippen molar-refractivity contribution in [1.29, 1.82) is 0 Å². The molecule has 0 radical (unpaired) electrons. The van der Waals surface area contributed by atoms with Gasteiger partial charge in [-0.15, -0.1) is 0 Å². The molecule has 0 unspecified atom stereocenters. The number of rotatable bonds is 4. The normalized spacial score (nSPS) is 9.65. The van der Waals surface area contributed by atoms with Crippen LogP contribution < -0.4 is 0 Å². The van der Waals surface area contributed by atoms with Crippen molar-refractivity contribution in [3.8, 4) is 11.1 Å². The van der Waals surface area contributed by atoms with Crippen molar-refractivity contribution in [2.75, 3.05) is 7.11 Å². The molecule has 0 aromatic heterocycles. The fraction of sp³-hybridized carbons (Fsp3) is 0.133. The highest BCUT2D eigenvalue weighted by atomic mass is 16.5. The molecule has 0 aliphatic heterocycles. The molecule has 0 N–H and O–H groups in total. The molecule has 2 aromatic carbocycles. The number of methoxy groups -OCH3 is 1. The van der Waals surface area contributed by atoms with E-state index in [1.807, 2.05) is 36.4 Å². The van der Waals surface area contributed by atoms with E-state index in [-0.39, 0.29) is 5.97 Å². The van der Waals surface area contributed by atoms with E-state index in [0.29, 0.717) is 12.1 Å². The van der Waals surface area contributed by atoms with Crippen molar-refractivity contribution in [1.82, 2.24) is 0 Å². The molecule has 2 aromatic rings. The summed E-state index contributed by atoms with van der Waals surface area (Å²) in [6.07, 6.45) is 0. The van der Waals surface area contributed by atoms with Crippen LogP contribution in [0.15, 0.2) is 53.6 Å². The predicted octanol–water partition coefficient (Wildman–Crippen LogP) is 3.95. The Morgan fingerprint density at radius 2 is 1.65 bits per heavy atom. The number of esters is 1. The van der Waals surface area contributed by atoms with Gasteiger partial charge in [0.1, 0.15) is 0 Å². The van der Waals surface area contributed by atoms with Crippen LogP contribution in [0.2, 0.25) is 0 Å². The largest absolute Gasteiger partial charge is 0.465 e. The SMILES string of the molecule is COC(=O)c1ccc(-c2ccc(CN=[N+]=[N-])cc2)cc1. The molecule has 0 saturated heterocycles. The quantitative estimate of drug-likeness (QED) is 0.364. The first-order chi connectivity index (χ1) is 9.74. The van der Waals surface area contributed by atoms with Crippen LogP contribution in [-0.4, -0.2) is 13.1 Å². The Bertz CT molecular complexity index is 642. The molecule has 0 fully saturated rings. The van der Waals surface area contributed by atoms with Gasteiger partial charge in [-0.3, -0.25) is 0 Å². The van der Waals surface area contributed by atoms with E-state index in [1.54, 1.807) is 12.1 Å². The van der Waals surface area contributed by atoms with Crippen LogP contribution in [0.3, 0.4) is 0 Å². The predicted molar refractivity (Wildman–Crippen MR) is 76.1 cm³/mol. The Labute approximate surface area is 116 Å². The van der Waals surface area contributed by atoms with Crippen LogP contribution in [0, 0.1) is 0 Å². The smallest absolute Gasteiger partial charge is 0.337 e. The minimum atomic E-state index is -0.346. The van der Waals surface area contributed by atoms with Gasteiger partial charge < -0.3 is 4.74 Å². The first-order valence-electron chi connectivity index (χ1n) is 6.03. The first kappa shape index (κ1) is 13.6. The lowest BCUT2D eigenvalue weighted by molar-refractivity contribution is 0.0601. The summed E-state index contributed by atoms with van der Waals surface area (Å²) in [6.45, 7) is 0.345. The van der Waals surface area contributed by atoms with Crippen LogP contribution in [0.5, 0.6) is 0 Å². The molecule has 0 heterocycles. The van der Waals surface area contributed by atoms with Crippen molar-refractivity contribution in [2.24, 2.45) is 5.11 Å². The Morgan fingerprint density at radius 1 is 1.10 bits per heavy atom. The number of nitrogens with zero attached hydrogens (tertiary/aromatic N) is 3. The van der Waals surface area contributed by atoms with Gasteiger partial charge in [-0.25, -0.2) is 4.79 Å². The summed E-state index contributed by atoms with van der Waals surface area (Å²) in [5, 5.41) is 3.51. The lowest BCUT2D eigenvalue weighted by atomic mass is 10.0. The molecule has 0 aliphatic rings. The van der Waals surface area contributed by atoms with Gasteiger partial charge in [0, 0.05) is 4.91 Å². The van der Waals surface area contributed by atoms with Gasteiger partial charge >= 0.3 is 5.97 Å². The van der Waals surface area contributed by atoms with Crippen LogP contribution in [0.4, 0.5) is 0 Å². The molecule has 0 spiro atoms. The Morgan fingerprint density at radius 3 is 2.15 bits per heavy atom. The molecule has 5 nitrogen and oxygen atoms in total. The molecule has 0 bridgehead atoms. The zero-order valence-electron chi connectivity index (χ0n) is 11.0. The highest BCUT2D eigenvalue weighted by molar-refractivity contribution is 5.89. The van der Waals surface area contributed by atoms with Gasteiger partial charge in [-0.2, -0.15) is 0 Å². The molecule has 0 atom stereocenters. The van der Waals surface area contributed by atoms with E-state index in [1.165, 1.54) is 7.11 Å². The molecule has 0 aliphatic carbocycles. The number of benzene rings is 2. The molecule has 0 saturated carbocycles. The van der Waals surface area contributed by atoms with Gasteiger partial charge in [0.05, 0.1) is 19.2 Å². The van der Waals surface area contributed by atoms with E-state index in [0.717, 1.165) is 16.7 Å². The summed E-state index contributed by atoms with van der Waals surface area (Å²) in [7, 11) is 1.36. The van der Waals surface area contributed by atoms with Crippen LogP contribution in [0.25, 0.3) is 21.6 Å². The van der Waals surface area contributed by atoms with Crippen molar-refractivity contribution in [3.05, 3.63) is 70.1 Å². The Kier molecular flexibility index (Phi) is 4.37. The van der Waals surface area contributed by atoms with Crippen molar-refractivity contribution in [2.45, 2.75) is 6.54 Å². The topological polar surface area (TPSA) is 75.1 Å². The third-order valence-electron chi connectivity index (χ3n) is 2.91. The maximum absolute atomic E-state index is 11.3. The zero-order chi connectivity index (χ0) is 14.4. The minimum absolute atomic E-state index is 0.345. The maximum atomic E-state index is 11.3. The average molecular weight is 267 g/mol. The third-order valence-corrected chi connectivity index (χ3v) is 2.91. The molecule has 5 heteroatoms. The summed E-state index contributed by atoms with van der Waals surface area (Å²) in [6, 6.07) is 14.9. The molecular weight excluding hydrogens is 254 g/mol. The maximum Gasteiger partial charge on any atom is 0.337 e. The van der Waals surface area contributed by atoms with E-state index in [9.17, 15) is 4.79 Å². The van der Waals surface area contributed by atoms with Gasteiger partial charge in [-0.1, -0.05) is 41.5 Å². The van der Waals surface area contributed by atoms with E-state index in [4.69, 9.17) is 5.53 Å². The number of carbonyl (C=O) groups is 1. The summed E-state index contributed by atoms with van der Waals surface area (Å²) in [4.78, 5) is 14.1. The number of hydrogen-bond acceptors (Lipinski definition) is 3. The van der Waals surface area contributed by atoms with Crippen molar-refractivity contribution in [3.63, 3.8) is 0 Å². The summed E-state index contributed by atoms with van der Waals surface area (Å²) < 4.78 is 4.66. The zero-order valence-corrected chi connectivity index (χ0v) is 11.0. The standard InChI is InChI=1S/C15H13N3O2/c1-20-15(19)14-8-6-13(7-9-14)12-4-2-11(3-5-12)10-17-18-16/h2-9H,10H2,1H3. The molecule has 2 rings (SSSR count). The fourth-order valence-electron chi connectivity index (χ4n) is 1.83. The monoisotopic (exact) mass is 267 g/mol. The summed E-state index contributed by atoms with van der Waals surface area (Å²) >= 11 is 0. The third kappa shape index (κ3) is 3.16. The van der Waals surface area contributed by atoms with Crippen molar-refractivity contribution >= 4 is 5.97 Å². The van der Waals surface area contributed by atoms with Gasteiger partial charge in [-0.05, 0) is 34.4 Å². The molecular formula is C15H13N3O2. The molecule has 20 heavy (non-hydrogen) atoms. The highest BCUT2D eigenvalue weighted by Gasteiger charge is 2.05. The molecule has 100 valence electrons. The number of azide groups is 1. The number of carbonyl (C=O) groups excluding carboxylic acids is 1. The lowest BCUT2D eigenvalue weighted by Crippen LogP contribution is -2.00. The first-order valence-corrected chi connectivity index (χ1v) is 6.03. The van der Waals surface area contributed by atoms with Gasteiger partial charge in [0.2, 0.25) is 0 Å². The van der Waals surface area contributed by atoms with E-state index in [2.05, 4.69) is 14.8 Å². The number of hydrogen-bond donors (Lipinski definition) is 0. The van der Waals surface area contributed by atoms with Gasteiger partial charge in [0.15, 0.2) is 0 Å².